The van der Waals surface area contributed by atoms with Crippen molar-refractivity contribution < 1.29 is 5.02 Å². The lowest BCUT2D eigenvalue weighted by Crippen LogP contribution is -2.21. The second-order valence-corrected chi connectivity index (χ2v) is 5.69. The van der Waals surface area contributed by atoms with Crippen LogP contribution in [0.5, 0.6) is 0 Å². The highest BCUT2D eigenvalue weighted by Crippen LogP contribution is 2.30. The molecule has 0 amide bonds. The Bertz CT molecular complexity index is 431. The van der Waals surface area contributed by atoms with E-state index in [1.54, 1.807) is 29.5 Å². The van der Waals surface area contributed by atoms with Crippen LogP contribution >= 0.6 is 22.7 Å². The SMILES string of the molecule is CB(O)c1ccc(-c2ccc(C)s2)s1. The summed E-state index contributed by atoms with van der Waals surface area (Å²) in [4.78, 5) is 3.87. The Balaban J connectivity index is 2.33. The van der Waals surface area contributed by atoms with Gasteiger partial charge in [-0.15, -0.1) is 22.7 Å². The lowest BCUT2D eigenvalue weighted by molar-refractivity contribution is 0.595. The standard InChI is InChI=1S/C10H11BOS2/c1-7-3-4-8(13-7)9-5-6-10(14-9)11(2)12/h3-6,12H,1-2H3. The molecule has 0 fully saturated rings. The Hall–Kier alpha value is -0.575. The summed E-state index contributed by atoms with van der Waals surface area (Å²) in [7, 11) is 0. The number of thiophene rings is 2. The molecule has 0 unspecified atom stereocenters. The summed E-state index contributed by atoms with van der Waals surface area (Å²) >= 11 is 3.46. The van der Waals surface area contributed by atoms with Gasteiger partial charge in [0, 0.05) is 19.4 Å². The van der Waals surface area contributed by atoms with Crippen molar-refractivity contribution in [3.05, 3.63) is 29.1 Å². The number of hydrogen-bond donors (Lipinski definition) is 1. The molecule has 0 spiro atoms. The van der Waals surface area contributed by atoms with Crippen LogP contribution in [0.1, 0.15) is 4.88 Å². The molecule has 0 aliphatic carbocycles. The molecular weight excluding hydrogens is 211 g/mol. The van der Waals surface area contributed by atoms with Crippen molar-refractivity contribution in [2.75, 3.05) is 0 Å². The first-order valence-corrected chi connectivity index (χ1v) is 6.15. The molecule has 4 heteroatoms. The molecule has 2 rings (SSSR count). The Labute approximate surface area is 92.2 Å². The molecule has 2 aromatic heterocycles. The quantitative estimate of drug-likeness (QED) is 0.774. The first-order valence-electron chi connectivity index (χ1n) is 4.51. The number of rotatable bonds is 2. The molecule has 0 atom stereocenters. The largest absolute Gasteiger partial charge is 0.446 e. The fraction of sp³-hybridized carbons (Fsp3) is 0.200. The van der Waals surface area contributed by atoms with E-state index in [0.29, 0.717) is 0 Å². The summed E-state index contributed by atoms with van der Waals surface area (Å²) in [5.74, 6) is 0. The van der Waals surface area contributed by atoms with Gasteiger partial charge in [-0.05, 0) is 25.1 Å². The lowest BCUT2D eigenvalue weighted by atomic mass is 9.71. The van der Waals surface area contributed by atoms with Crippen molar-refractivity contribution in [2.45, 2.75) is 13.7 Å². The fourth-order valence-corrected chi connectivity index (χ4v) is 3.18. The molecule has 0 saturated heterocycles. The van der Waals surface area contributed by atoms with E-state index in [2.05, 4.69) is 25.1 Å². The van der Waals surface area contributed by atoms with Gasteiger partial charge in [-0.25, -0.2) is 0 Å². The maximum Gasteiger partial charge on any atom is 0.330 e. The molecule has 0 aliphatic heterocycles. The van der Waals surface area contributed by atoms with Crippen LogP contribution in [0.25, 0.3) is 9.75 Å². The van der Waals surface area contributed by atoms with Crippen LogP contribution in [0.3, 0.4) is 0 Å². The van der Waals surface area contributed by atoms with Crippen molar-refractivity contribution >= 4 is 34.4 Å². The predicted molar refractivity (Wildman–Crippen MR) is 65.8 cm³/mol. The van der Waals surface area contributed by atoms with Crippen LogP contribution in [-0.4, -0.2) is 11.9 Å². The molecule has 0 radical (unpaired) electrons. The first-order chi connectivity index (χ1) is 6.66. The molecule has 0 bridgehead atoms. The molecule has 2 heterocycles. The number of hydrogen-bond acceptors (Lipinski definition) is 3. The van der Waals surface area contributed by atoms with E-state index in [9.17, 15) is 5.02 Å². The third kappa shape index (κ3) is 1.92. The van der Waals surface area contributed by atoms with E-state index < -0.39 is 0 Å². The Morgan fingerprint density at radius 2 is 1.71 bits per heavy atom. The molecule has 1 nitrogen and oxygen atoms in total. The van der Waals surface area contributed by atoms with Crippen LogP contribution in [0.4, 0.5) is 0 Å². The van der Waals surface area contributed by atoms with Gasteiger partial charge in [0.05, 0.1) is 0 Å². The normalized spacial score (nSPS) is 10.5. The van der Waals surface area contributed by atoms with Crippen molar-refractivity contribution in [1.29, 1.82) is 0 Å². The first kappa shape index (κ1) is 9.96. The van der Waals surface area contributed by atoms with Gasteiger partial charge in [-0.1, -0.05) is 12.9 Å². The maximum atomic E-state index is 9.40. The summed E-state index contributed by atoms with van der Waals surface area (Å²) in [6.45, 7) is 3.56. The molecule has 14 heavy (non-hydrogen) atoms. The third-order valence-electron chi connectivity index (χ3n) is 2.02. The van der Waals surface area contributed by atoms with Crippen LogP contribution < -0.4 is 4.78 Å². The zero-order chi connectivity index (χ0) is 10.1. The van der Waals surface area contributed by atoms with Gasteiger partial charge >= 0.3 is 6.92 Å². The molecule has 0 aliphatic rings. The minimum Gasteiger partial charge on any atom is -0.446 e. The summed E-state index contributed by atoms with van der Waals surface area (Å²) in [6.07, 6.45) is 0. The van der Waals surface area contributed by atoms with Crippen LogP contribution in [-0.2, 0) is 0 Å². The molecule has 1 N–H and O–H groups in total. The number of aryl methyl sites for hydroxylation is 1. The van der Waals surface area contributed by atoms with Gasteiger partial charge in [0.25, 0.3) is 0 Å². The summed E-state index contributed by atoms with van der Waals surface area (Å²) < 4.78 is 1.03. The second kappa shape index (κ2) is 3.89. The Morgan fingerprint density at radius 1 is 1.07 bits per heavy atom. The van der Waals surface area contributed by atoms with E-state index >= 15 is 0 Å². The van der Waals surface area contributed by atoms with Gasteiger partial charge in [-0.2, -0.15) is 0 Å². The molecule has 2 aromatic rings. The zero-order valence-corrected chi connectivity index (χ0v) is 9.78. The van der Waals surface area contributed by atoms with Crippen LogP contribution in [0, 0.1) is 6.92 Å². The Morgan fingerprint density at radius 3 is 2.21 bits per heavy atom. The average Bonchev–Trinajstić information content (AvgIpc) is 2.70. The van der Waals surface area contributed by atoms with Gasteiger partial charge in [0.15, 0.2) is 0 Å². The molecule has 72 valence electrons. The van der Waals surface area contributed by atoms with Gasteiger partial charge in [-0.3, -0.25) is 0 Å². The summed E-state index contributed by atoms with van der Waals surface area (Å²) in [5.41, 5.74) is 0. The predicted octanol–water partition coefficient (Wildman–Crippen LogP) is 2.61. The van der Waals surface area contributed by atoms with E-state index in [1.165, 1.54) is 14.6 Å². The molecular formula is C10H11BOS2. The maximum absolute atomic E-state index is 9.40. The lowest BCUT2D eigenvalue weighted by Gasteiger charge is -1.92. The van der Waals surface area contributed by atoms with Crippen molar-refractivity contribution in [3.63, 3.8) is 0 Å². The van der Waals surface area contributed by atoms with Crippen LogP contribution in [0.2, 0.25) is 6.82 Å². The van der Waals surface area contributed by atoms with Crippen LogP contribution in [0.15, 0.2) is 24.3 Å². The average molecular weight is 222 g/mol. The summed E-state index contributed by atoms with van der Waals surface area (Å²) in [5, 5.41) is 9.40. The smallest absolute Gasteiger partial charge is 0.330 e. The van der Waals surface area contributed by atoms with Gasteiger partial charge in [0.1, 0.15) is 0 Å². The van der Waals surface area contributed by atoms with Gasteiger partial charge in [0.2, 0.25) is 0 Å². The fourth-order valence-electron chi connectivity index (χ4n) is 1.28. The highest BCUT2D eigenvalue weighted by Gasteiger charge is 2.11. The van der Waals surface area contributed by atoms with E-state index in [0.717, 1.165) is 4.78 Å². The summed E-state index contributed by atoms with van der Waals surface area (Å²) in [6, 6.07) is 8.34. The van der Waals surface area contributed by atoms with E-state index in [1.807, 2.05) is 6.07 Å². The monoisotopic (exact) mass is 222 g/mol. The zero-order valence-electron chi connectivity index (χ0n) is 8.15. The van der Waals surface area contributed by atoms with Gasteiger partial charge < -0.3 is 5.02 Å². The van der Waals surface area contributed by atoms with Crippen molar-refractivity contribution in [1.82, 2.24) is 0 Å². The van der Waals surface area contributed by atoms with E-state index in [-0.39, 0.29) is 6.92 Å². The Kier molecular flexibility index (Phi) is 2.77. The topological polar surface area (TPSA) is 20.2 Å². The van der Waals surface area contributed by atoms with Crippen molar-refractivity contribution in [3.8, 4) is 9.75 Å². The third-order valence-corrected chi connectivity index (χ3v) is 4.47. The minimum atomic E-state index is -0.352. The second-order valence-electron chi connectivity index (χ2n) is 3.29. The highest BCUT2D eigenvalue weighted by molar-refractivity contribution is 7.28. The molecule has 0 aromatic carbocycles. The van der Waals surface area contributed by atoms with E-state index in [4.69, 9.17) is 0 Å². The highest BCUT2D eigenvalue weighted by atomic mass is 32.1. The van der Waals surface area contributed by atoms with Crippen molar-refractivity contribution in [2.24, 2.45) is 0 Å². The molecule has 0 saturated carbocycles. The minimum absolute atomic E-state index is 0.352.